The van der Waals surface area contributed by atoms with Crippen LogP contribution in [0, 0.1) is 0 Å². The highest BCUT2D eigenvalue weighted by Gasteiger charge is 2.16. The van der Waals surface area contributed by atoms with E-state index in [2.05, 4.69) is 60.0 Å². The quantitative estimate of drug-likeness (QED) is 0.701. The molecule has 1 heteroatoms. The van der Waals surface area contributed by atoms with E-state index >= 15 is 0 Å². The van der Waals surface area contributed by atoms with Gasteiger partial charge in [-0.3, -0.25) is 4.90 Å². The van der Waals surface area contributed by atoms with E-state index in [0.29, 0.717) is 6.04 Å². The molecule has 0 bridgehead atoms. The van der Waals surface area contributed by atoms with Crippen LogP contribution in [0.4, 0.5) is 0 Å². The van der Waals surface area contributed by atoms with Crippen LogP contribution in [0.3, 0.4) is 0 Å². The second-order valence-corrected chi connectivity index (χ2v) is 4.95. The zero-order chi connectivity index (χ0) is 12.6. The summed E-state index contributed by atoms with van der Waals surface area (Å²) in [5.74, 6) is 0. The van der Waals surface area contributed by atoms with Crippen LogP contribution in [-0.2, 0) is 0 Å². The topological polar surface area (TPSA) is 3.24 Å². The van der Waals surface area contributed by atoms with Crippen molar-refractivity contribution in [1.82, 2.24) is 4.90 Å². The minimum atomic E-state index is 0.505. The van der Waals surface area contributed by atoms with Gasteiger partial charge in [-0.05, 0) is 37.9 Å². The average Bonchev–Trinajstić information content (AvgIpc) is 2.46. The van der Waals surface area contributed by atoms with Gasteiger partial charge < -0.3 is 0 Å². The maximum absolute atomic E-state index is 3.99. The van der Waals surface area contributed by atoms with E-state index in [-0.39, 0.29) is 0 Å². The van der Waals surface area contributed by atoms with Crippen molar-refractivity contribution >= 4 is 6.08 Å². The molecule has 0 aliphatic carbocycles. The second kappa shape index (κ2) is 7.17. The summed E-state index contributed by atoms with van der Waals surface area (Å²) in [5, 5.41) is 0. The first kappa shape index (κ1) is 13.1. The molecule has 1 fully saturated rings. The Hall–Kier alpha value is -1.34. The minimum Gasteiger partial charge on any atom is -0.297 e. The van der Waals surface area contributed by atoms with Gasteiger partial charge >= 0.3 is 0 Å². The van der Waals surface area contributed by atoms with E-state index < -0.39 is 0 Å². The summed E-state index contributed by atoms with van der Waals surface area (Å²) in [7, 11) is 0. The summed E-state index contributed by atoms with van der Waals surface area (Å²) in [6.07, 6.45) is 11.7. The average molecular weight is 241 g/mol. The Morgan fingerprint density at radius 3 is 2.50 bits per heavy atom. The van der Waals surface area contributed by atoms with Crippen LogP contribution >= 0.6 is 0 Å². The molecule has 1 heterocycles. The first-order chi connectivity index (χ1) is 8.90. The fourth-order valence-corrected chi connectivity index (χ4v) is 2.55. The molecule has 1 aliphatic heterocycles. The number of likely N-dealkylation sites (tertiary alicyclic amines) is 1. The van der Waals surface area contributed by atoms with Gasteiger partial charge in [0, 0.05) is 6.04 Å². The highest BCUT2D eigenvalue weighted by molar-refractivity contribution is 5.48. The van der Waals surface area contributed by atoms with Crippen molar-refractivity contribution in [1.29, 1.82) is 0 Å². The van der Waals surface area contributed by atoms with Crippen molar-refractivity contribution in [3.05, 3.63) is 54.6 Å². The molecule has 18 heavy (non-hydrogen) atoms. The maximum atomic E-state index is 3.99. The largest absolute Gasteiger partial charge is 0.297 e. The maximum Gasteiger partial charge on any atom is 0.0310 e. The van der Waals surface area contributed by atoms with E-state index in [4.69, 9.17) is 0 Å². The van der Waals surface area contributed by atoms with E-state index in [1.807, 2.05) is 0 Å². The highest BCUT2D eigenvalue weighted by Crippen LogP contribution is 2.15. The molecule has 1 aromatic carbocycles. The Balaban J connectivity index is 1.86. The van der Waals surface area contributed by atoms with E-state index in [1.165, 1.54) is 37.9 Å². The Morgan fingerprint density at radius 1 is 1.11 bits per heavy atom. The van der Waals surface area contributed by atoms with Crippen molar-refractivity contribution < 1.29 is 0 Å². The molecule has 1 saturated heterocycles. The predicted octanol–water partition coefficient (Wildman–Crippen LogP) is 4.13. The van der Waals surface area contributed by atoms with Crippen molar-refractivity contribution in [3.8, 4) is 0 Å². The lowest BCUT2D eigenvalue weighted by molar-refractivity contribution is 0.192. The summed E-state index contributed by atoms with van der Waals surface area (Å²) < 4.78 is 0. The molecule has 1 unspecified atom stereocenters. The first-order valence-electron chi connectivity index (χ1n) is 6.98. The molecule has 0 saturated carbocycles. The smallest absolute Gasteiger partial charge is 0.0310 e. The third-order valence-electron chi connectivity index (χ3n) is 3.62. The standard InChI is InChI=1S/C17H23N/c1-2-17(18-14-7-4-8-15-18)13-9-12-16-10-5-3-6-11-16/h2-3,5-6,9-12,17H,1,4,7-8,13-15H2/b12-9+. The molecule has 1 aromatic rings. The summed E-state index contributed by atoms with van der Waals surface area (Å²) in [5.41, 5.74) is 1.28. The van der Waals surface area contributed by atoms with Gasteiger partial charge in [0.2, 0.25) is 0 Å². The van der Waals surface area contributed by atoms with Crippen molar-refractivity contribution in [3.63, 3.8) is 0 Å². The third-order valence-corrected chi connectivity index (χ3v) is 3.62. The number of hydrogen-bond donors (Lipinski definition) is 0. The van der Waals surface area contributed by atoms with Crippen LogP contribution in [-0.4, -0.2) is 24.0 Å². The summed E-state index contributed by atoms with van der Waals surface area (Å²) >= 11 is 0. The molecule has 96 valence electrons. The Labute approximate surface area is 111 Å². The molecule has 0 radical (unpaired) electrons. The Kier molecular flexibility index (Phi) is 5.22. The van der Waals surface area contributed by atoms with E-state index in [1.54, 1.807) is 0 Å². The van der Waals surface area contributed by atoms with Crippen molar-refractivity contribution in [2.45, 2.75) is 31.7 Å². The van der Waals surface area contributed by atoms with Gasteiger partial charge in [-0.1, -0.05) is 55.0 Å². The van der Waals surface area contributed by atoms with Gasteiger partial charge in [-0.15, -0.1) is 6.58 Å². The molecular formula is C17H23N. The molecule has 1 atom stereocenters. The number of rotatable bonds is 5. The number of hydrogen-bond acceptors (Lipinski definition) is 1. The van der Waals surface area contributed by atoms with Crippen LogP contribution in [0.25, 0.3) is 6.08 Å². The summed E-state index contributed by atoms with van der Waals surface area (Å²) in [6.45, 7) is 6.45. The van der Waals surface area contributed by atoms with E-state index in [9.17, 15) is 0 Å². The fourth-order valence-electron chi connectivity index (χ4n) is 2.55. The lowest BCUT2D eigenvalue weighted by Crippen LogP contribution is -2.37. The molecule has 0 aromatic heterocycles. The first-order valence-corrected chi connectivity index (χ1v) is 6.98. The number of benzene rings is 1. The molecule has 1 nitrogen and oxygen atoms in total. The molecule has 0 amide bonds. The highest BCUT2D eigenvalue weighted by atomic mass is 15.2. The normalized spacial score (nSPS) is 18.9. The molecule has 1 aliphatic rings. The van der Waals surface area contributed by atoms with Crippen LogP contribution < -0.4 is 0 Å². The van der Waals surface area contributed by atoms with Crippen LogP contribution in [0.5, 0.6) is 0 Å². The third kappa shape index (κ3) is 3.85. The molecule has 0 N–H and O–H groups in total. The molecule has 0 spiro atoms. The molecule has 2 rings (SSSR count). The minimum absolute atomic E-state index is 0.505. The van der Waals surface area contributed by atoms with Crippen LogP contribution in [0.15, 0.2) is 49.1 Å². The lowest BCUT2D eigenvalue weighted by atomic mass is 10.1. The van der Waals surface area contributed by atoms with Crippen LogP contribution in [0.1, 0.15) is 31.2 Å². The lowest BCUT2D eigenvalue weighted by Gasteiger charge is -2.32. The van der Waals surface area contributed by atoms with Crippen molar-refractivity contribution in [2.75, 3.05) is 13.1 Å². The summed E-state index contributed by atoms with van der Waals surface area (Å²) in [4.78, 5) is 2.56. The second-order valence-electron chi connectivity index (χ2n) is 4.95. The fraction of sp³-hybridized carbons (Fsp3) is 0.412. The Bertz CT molecular complexity index is 374. The summed E-state index contributed by atoms with van der Waals surface area (Å²) in [6, 6.07) is 11.0. The molecular weight excluding hydrogens is 218 g/mol. The predicted molar refractivity (Wildman–Crippen MR) is 79.5 cm³/mol. The SMILES string of the molecule is C=CC(C/C=C/c1ccccc1)N1CCCCC1. The zero-order valence-corrected chi connectivity index (χ0v) is 11.1. The van der Waals surface area contributed by atoms with Gasteiger partial charge in [-0.25, -0.2) is 0 Å². The zero-order valence-electron chi connectivity index (χ0n) is 11.1. The van der Waals surface area contributed by atoms with Gasteiger partial charge in [0.05, 0.1) is 0 Å². The number of piperidine rings is 1. The van der Waals surface area contributed by atoms with Gasteiger partial charge in [0.25, 0.3) is 0 Å². The van der Waals surface area contributed by atoms with Gasteiger partial charge in [0.1, 0.15) is 0 Å². The van der Waals surface area contributed by atoms with Gasteiger partial charge in [0.15, 0.2) is 0 Å². The van der Waals surface area contributed by atoms with E-state index in [0.717, 1.165) is 6.42 Å². The van der Waals surface area contributed by atoms with Crippen LogP contribution in [0.2, 0.25) is 0 Å². The van der Waals surface area contributed by atoms with Gasteiger partial charge in [-0.2, -0.15) is 0 Å². The Morgan fingerprint density at radius 2 is 1.83 bits per heavy atom. The van der Waals surface area contributed by atoms with Crippen molar-refractivity contribution in [2.24, 2.45) is 0 Å². The monoisotopic (exact) mass is 241 g/mol. The number of nitrogens with zero attached hydrogens (tertiary/aromatic N) is 1.